The van der Waals surface area contributed by atoms with Crippen LogP contribution >= 0.6 is 11.8 Å². The highest BCUT2D eigenvalue weighted by Crippen LogP contribution is 2.65. The summed E-state index contributed by atoms with van der Waals surface area (Å²) in [5, 5.41) is 37.8. The van der Waals surface area contributed by atoms with Crippen molar-refractivity contribution in [2.24, 2.45) is 44.3 Å². The molecule has 94 heavy (non-hydrogen) atoms. The molecule has 504 valence electrons. The van der Waals surface area contributed by atoms with Gasteiger partial charge in [0.1, 0.15) is 11.2 Å². The summed E-state index contributed by atoms with van der Waals surface area (Å²) in [4.78, 5) is 86.7. The van der Waals surface area contributed by atoms with E-state index in [9.17, 15) is 44.1 Å². The number of ketones is 1. The standard InChI is InChI=1S/C20H23NO4.C17H20N2S.C16H25NO2.C11H16N2O3.C8H10N4O2/c22-13-4-3-12-9-15-20(24)6-5-14(23)18-19(20,16(12)17(13)25-18)7-8-21(15)10-11-1-2-11;1-13(18(2)3)12-19-14-8-4-6-10-16(14)20-17-11-7-5-9-15(17)19;1-17(2)12-14-7-4-5-10-16(14,18)13-8-6-9-15(11-13)19-3;1-4-6-11(7(3)5-2)8(14)12-10(16)13-9(11)15;1-10-4-9-6-5(10)7(13)12(3)8(14)11(6)2/h3-4,11,15,18,22,24H,1-2,5-10H2;4-11,13H,12H2,1-3H3;6,8-9,11,14,18H,4-5,7,10,12H2,1-3H3;4,7H,1,5-6H2,2-3H3,(H2,12,13,14,15,16);4H,1-3H3/t15-,18+,19+,20-;;14-,16+;;/m1.1../s1. The molecule has 6 heterocycles. The molecule has 0 radical (unpaired) electrons. The number of imide groups is 2. The summed E-state index contributed by atoms with van der Waals surface area (Å²) in [6.07, 6.45) is 12.5. The molecule has 2 saturated heterocycles. The minimum Gasteiger partial charge on any atom is -0.504 e. The number of nitrogens with zero attached hydrogens (tertiary/aromatic N) is 8. The van der Waals surface area contributed by atoms with Crippen molar-refractivity contribution >= 4 is 57.9 Å². The topological polar surface area (TPSA) is 246 Å². The number of likely N-dealkylation sites (tertiary alicyclic amines) is 1. The summed E-state index contributed by atoms with van der Waals surface area (Å²) in [5.74, 6) is 1.28. The number of allylic oxidation sites excluding steroid dienone is 1. The molecule has 4 aliphatic carbocycles. The third-order valence-corrected chi connectivity index (χ3v) is 22.2. The molecule has 4 amide bonds. The van der Waals surface area contributed by atoms with E-state index in [1.807, 2.05) is 55.9 Å². The van der Waals surface area contributed by atoms with Crippen LogP contribution in [-0.2, 0) is 53.0 Å². The molecular weight excluding hydrogens is 1210 g/mol. The minimum atomic E-state index is -1.20. The highest BCUT2D eigenvalue weighted by atomic mass is 32.2. The molecule has 6 aromatic rings. The van der Waals surface area contributed by atoms with E-state index in [-0.39, 0.29) is 41.2 Å². The number of fused-ring (bicyclic) bond motifs is 3. The molecule has 3 saturated carbocycles. The maximum atomic E-state index is 12.7. The predicted octanol–water partition coefficient (Wildman–Crippen LogP) is 8.33. The number of barbiturate groups is 1. The number of aromatic nitrogens is 4. The van der Waals surface area contributed by atoms with E-state index in [2.05, 4.69) is 125 Å². The van der Waals surface area contributed by atoms with E-state index in [1.54, 1.807) is 31.8 Å². The minimum absolute atomic E-state index is 0.0454. The average molecular weight is 1310 g/mol. The molecular formula is C72H94N10O11S. The SMILES string of the molecule is C=CCC1(C(C)CC)C(=O)NC(=O)NC1=O.CC(CN1c2ccccc2Sc2ccccc21)N(C)C.COc1cccc([C@@]2(O)CCCC[C@@H]2CN(C)C)c1.Cn1c(=O)c2c(ncn2C)n(C)c1=O.O=C1CC[C@@]2(O)[C@H]3Cc4ccc(O)c5c4[C@@]2(CCN3CC2CC2)[C@H]1O5. The van der Waals surface area contributed by atoms with Gasteiger partial charge in [0, 0.05) is 80.6 Å². The number of hydrogen-bond donors (Lipinski definition) is 5. The number of nitrogens with one attached hydrogen (secondary N) is 2. The van der Waals surface area contributed by atoms with Gasteiger partial charge in [0.25, 0.3) is 5.56 Å². The van der Waals surface area contributed by atoms with Crippen LogP contribution in [0.2, 0.25) is 0 Å². The van der Waals surface area contributed by atoms with Crippen molar-refractivity contribution in [3.05, 3.63) is 141 Å². The zero-order valence-electron chi connectivity index (χ0n) is 56.3. The predicted molar refractivity (Wildman–Crippen MR) is 364 cm³/mol. The van der Waals surface area contributed by atoms with E-state index in [4.69, 9.17) is 9.47 Å². The Balaban J connectivity index is 0.000000130. The Morgan fingerprint density at radius 3 is 2.14 bits per heavy atom. The number of piperidine rings is 1. The van der Waals surface area contributed by atoms with Gasteiger partial charge in [0.2, 0.25) is 11.8 Å². The number of para-hydroxylation sites is 2. The lowest BCUT2D eigenvalue weighted by molar-refractivity contribution is -0.188. The number of aliphatic hydroxyl groups is 2. The van der Waals surface area contributed by atoms with Crippen molar-refractivity contribution in [1.29, 1.82) is 0 Å². The first-order chi connectivity index (χ1) is 44.8. The number of aryl methyl sites for hydroxylation is 2. The number of amides is 4. The smallest absolute Gasteiger partial charge is 0.332 e. The van der Waals surface area contributed by atoms with Gasteiger partial charge in [-0.1, -0.05) is 93.4 Å². The first-order valence-electron chi connectivity index (χ1n) is 33.0. The number of imidazole rings is 1. The van der Waals surface area contributed by atoms with Crippen LogP contribution in [0, 0.1) is 23.2 Å². The van der Waals surface area contributed by atoms with Crippen LogP contribution in [0.15, 0.2) is 123 Å². The summed E-state index contributed by atoms with van der Waals surface area (Å²) >= 11 is 1.87. The first kappa shape index (κ1) is 69.2. The van der Waals surface area contributed by atoms with Crippen molar-refractivity contribution in [2.75, 3.05) is 66.4 Å². The number of benzene rings is 4. The van der Waals surface area contributed by atoms with Gasteiger partial charge in [0.15, 0.2) is 34.6 Å². The van der Waals surface area contributed by atoms with Gasteiger partial charge in [-0.3, -0.25) is 43.8 Å². The van der Waals surface area contributed by atoms with Crippen LogP contribution in [0.1, 0.15) is 108 Å². The van der Waals surface area contributed by atoms with Gasteiger partial charge in [-0.15, -0.1) is 6.58 Å². The Labute approximate surface area is 555 Å². The summed E-state index contributed by atoms with van der Waals surface area (Å²) in [7, 11) is 14.9. The number of carbonyl (C=O) groups excluding carboxylic acids is 4. The van der Waals surface area contributed by atoms with E-state index in [1.165, 1.54) is 64.4 Å². The normalized spacial score (nSPS) is 25.0. The molecule has 8 atom stereocenters. The van der Waals surface area contributed by atoms with Crippen molar-refractivity contribution < 1.29 is 44.0 Å². The maximum Gasteiger partial charge on any atom is 0.332 e. The lowest BCUT2D eigenvalue weighted by Gasteiger charge is -2.62. The van der Waals surface area contributed by atoms with E-state index < -0.39 is 46.0 Å². The van der Waals surface area contributed by atoms with Crippen molar-refractivity contribution in [3.8, 4) is 17.2 Å². The quantitative estimate of drug-likeness (QED) is 0.0539. The van der Waals surface area contributed by atoms with E-state index >= 15 is 0 Å². The summed E-state index contributed by atoms with van der Waals surface area (Å²) in [5.41, 5.74) is 2.37. The van der Waals surface area contributed by atoms with E-state index in [0.29, 0.717) is 48.1 Å². The highest BCUT2D eigenvalue weighted by Gasteiger charge is 2.73. The molecule has 5 fully saturated rings. The number of phenols is 1. The van der Waals surface area contributed by atoms with Crippen molar-refractivity contribution in [2.45, 2.75) is 142 Å². The second kappa shape index (κ2) is 28.0. The molecule has 2 unspecified atom stereocenters. The molecule has 2 bridgehead atoms. The Bertz CT molecular complexity index is 3890. The maximum absolute atomic E-state index is 12.7. The number of anilines is 2. The number of carbonyl (C=O) groups is 4. The highest BCUT2D eigenvalue weighted by molar-refractivity contribution is 7.99. The molecule has 4 aliphatic heterocycles. The Morgan fingerprint density at radius 1 is 0.851 bits per heavy atom. The Hall–Kier alpha value is -7.60. The number of rotatable bonds is 13. The van der Waals surface area contributed by atoms with Crippen LogP contribution in [0.3, 0.4) is 0 Å². The van der Waals surface area contributed by atoms with Crippen LogP contribution in [0.5, 0.6) is 17.2 Å². The lowest BCUT2D eigenvalue weighted by atomic mass is 9.49. The van der Waals surface area contributed by atoms with Crippen molar-refractivity contribution in [1.82, 2.24) is 44.0 Å². The largest absolute Gasteiger partial charge is 0.504 e. The van der Waals surface area contributed by atoms with Gasteiger partial charge in [-0.2, -0.15) is 0 Å². The summed E-state index contributed by atoms with van der Waals surface area (Å²) in [6.45, 7) is 13.4. The monoisotopic (exact) mass is 1310 g/mol. The van der Waals surface area contributed by atoms with E-state index in [0.717, 1.165) is 91.2 Å². The number of likely N-dealkylation sites (N-methyl/N-ethyl adjacent to an activating group) is 1. The lowest BCUT2D eigenvalue weighted by Crippen LogP contribution is -2.76. The molecule has 2 aromatic heterocycles. The number of ether oxygens (including phenoxy) is 2. The number of Topliss-reactive ketones (excluding diaryl/α,β-unsaturated/α-hetero) is 1. The molecule has 1 spiro atoms. The van der Waals surface area contributed by atoms with Gasteiger partial charge in [-0.05, 0) is 158 Å². The zero-order chi connectivity index (χ0) is 67.8. The van der Waals surface area contributed by atoms with Gasteiger partial charge in [-0.25, -0.2) is 14.6 Å². The Kier molecular flexibility index (Phi) is 20.6. The number of urea groups is 1. The van der Waals surface area contributed by atoms with Crippen molar-refractivity contribution in [3.63, 3.8) is 0 Å². The number of hydrogen-bond acceptors (Lipinski definition) is 17. The molecule has 22 heteroatoms. The van der Waals surface area contributed by atoms with Gasteiger partial charge >= 0.3 is 11.7 Å². The number of phenolic OH excluding ortho intramolecular Hbond substituents is 1. The fourth-order valence-corrected chi connectivity index (χ4v) is 16.4. The van der Waals surface area contributed by atoms with Gasteiger partial charge < -0.3 is 44.1 Å². The second-order valence-corrected chi connectivity index (χ2v) is 28.4. The molecule has 14 rings (SSSR count). The number of methoxy groups -OCH3 is 1. The fraction of sp³-hybridized carbons (Fsp3) is 0.514. The zero-order valence-corrected chi connectivity index (χ0v) is 57.1. The van der Waals surface area contributed by atoms with Crippen LogP contribution in [-0.4, -0.2) is 158 Å². The molecule has 5 N–H and O–H groups in total. The first-order valence-corrected chi connectivity index (χ1v) is 33.8. The van der Waals surface area contributed by atoms with Crippen LogP contribution in [0.4, 0.5) is 16.2 Å². The van der Waals surface area contributed by atoms with Crippen LogP contribution < -0.4 is 36.3 Å². The number of aromatic hydroxyl groups is 1. The van der Waals surface area contributed by atoms with Crippen LogP contribution in [0.25, 0.3) is 11.2 Å². The second-order valence-electron chi connectivity index (χ2n) is 27.3. The third-order valence-electron chi connectivity index (χ3n) is 21.1. The third kappa shape index (κ3) is 12.8. The summed E-state index contributed by atoms with van der Waals surface area (Å²) < 4.78 is 15.4. The molecule has 4 aromatic carbocycles. The summed E-state index contributed by atoms with van der Waals surface area (Å²) in [6, 6.07) is 28.7. The Morgan fingerprint density at radius 2 is 1.52 bits per heavy atom. The fourth-order valence-electron chi connectivity index (χ4n) is 15.3. The van der Waals surface area contributed by atoms with Gasteiger partial charge in [0.05, 0.1) is 41.4 Å². The molecule has 8 aliphatic rings. The molecule has 21 nitrogen and oxygen atoms in total. The average Bonchev–Trinajstić information content (AvgIpc) is 1.41.